The van der Waals surface area contributed by atoms with Gasteiger partial charge in [0.1, 0.15) is 11.9 Å². The van der Waals surface area contributed by atoms with Crippen molar-refractivity contribution in [3.05, 3.63) is 53.7 Å². The summed E-state index contributed by atoms with van der Waals surface area (Å²) in [6.45, 7) is 3.50. The lowest BCUT2D eigenvalue weighted by atomic mass is 10.2. The van der Waals surface area contributed by atoms with Crippen LogP contribution in [0.25, 0.3) is 0 Å². The molecule has 1 atom stereocenters. The Morgan fingerprint density at radius 1 is 1.40 bits per heavy atom. The van der Waals surface area contributed by atoms with Crippen molar-refractivity contribution in [2.75, 3.05) is 19.7 Å². The zero-order valence-electron chi connectivity index (χ0n) is 14.0. The van der Waals surface area contributed by atoms with Gasteiger partial charge in [-0.15, -0.1) is 0 Å². The van der Waals surface area contributed by atoms with Gasteiger partial charge in [-0.05, 0) is 25.1 Å². The molecule has 0 aliphatic carbocycles. The molecule has 1 unspecified atom stereocenters. The van der Waals surface area contributed by atoms with Crippen molar-refractivity contribution in [1.82, 2.24) is 9.88 Å². The molecule has 0 saturated carbocycles. The summed E-state index contributed by atoms with van der Waals surface area (Å²) in [5.74, 6) is 0.949. The lowest BCUT2D eigenvalue weighted by molar-refractivity contribution is 0.0767. The van der Waals surface area contributed by atoms with E-state index in [-0.39, 0.29) is 12.0 Å². The van der Waals surface area contributed by atoms with Gasteiger partial charge in [-0.2, -0.15) is 5.26 Å². The van der Waals surface area contributed by atoms with E-state index in [9.17, 15) is 4.79 Å². The fraction of sp³-hybridized carbons (Fsp3) is 0.316. The minimum Gasteiger partial charge on any atom is -0.493 e. The largest absolute Gasteiger partial charge is 0.493 e. The number of likely N-dealkylation sites (tertiary alicyclic amines) is 1. The van der Waals surface area contributed by atoms with Crippen LogP contribution in [0.2, 0.25) is 0 Å². The Balaban J connectivity index is 1.66. The van der Waals surface area contributed by atoms with Crippen LogP contribution in [0, 0.1) is 11.3 Å². The van der Waals surface area contributed by atoms with E-state index in [0.717, 1.165) is 6.42 Å². The van der Waals surface area contributed by atoms with Crippen molar-refractivity contribution in [3.63, 3.8) is 0 Å². The number of para-hydroxylation sites is 1. The average Bonchev–Trinajstić information content (AvgIpc) is 3.10. The molecule has 0 spiro atoms. The molecule has 1 fully saturated rings. The van der Waals surface area contributed by atoms with Crippen LogP contribution < -0.4 is 9.47 Å². The molecule has 6 nitrogen and oxygen atoms in total. The van der Waals surface area contributed by atoms with Crippen LogP contribution in [0.3, 0.4) is 0 Å². The van der Waals surface area contributed by atoms with E-state index in [2.05, 4.69) is 11.1 Å². The highest BCUT2D eigenvalue weighted by Gasteiger charge is 2.29. The van der Waals surface area contributed by atoms with Gasteiger partial charge >= 0.3 is 0 Å². The van der Waals surface area contributed by atoms with Gasteiger partial charge in [0.25, 0.3) is 5.91 Å². The van der Waals surface area contributed by atoms with Crippen LogP contribution in [-0.4, -0.2) is 41.6 Å². The summed E-state index contributed by atoms with van der Waals surface area (Å²) < 4.78 is 11.4. The SMILES string of the molecule is CCOc1ccccc1C(=O)N1CCC(Oc2cc(C#N)ccn2)C1. The fourth-order valence-corrected chi connectivity index (χ4v) is 2.82. The number of ether oxygens (including phenoxy) is 2. The molecule has 1 amide bonds. The number of carbonyl (C=O) groups is 1. The monoisotopic (exact) mass is 337 g/mol. The van der Waals surface area contributed by atoms with E-state index in [1.165, 1.54) is 0 Å². The van der Waals surface area contributed by atoms with Crippen molar-refractivity contribution in [2.24, 2.45) is 0 Å². The van der Waals surface area contributed by atoms with Crippen molar-refractivity contribution < 1.29 is 14.3 Å². The molecule has 6 heteroatoms. The van der Waals surface area contributed by atoms with Gasteiger partial charge in [0.2, 0.25) is 5.88 Å². The van der Waals surface area contributed by atoms with Gasteiger partial charge in [0.05, 0.1) is 30.3 Å². The minimum atomic E-state index is -0.135. The standard InChI is InChI=1S/C19H19N3O3/c1-2-24-17-6-4-3-5-16(17)19(23)22-10-8-15(13-22)25-18-11-14(12-20)7-9-21-18/h3-7,9,11,15H,2,8,10,13H2,1H3. The molecule has 2 heterocycles. The number of rotatable bonds is 5. The number of carbonyl (C=O) groups excluding carboxylic acids is 1. The summed E-state index contributed by atoms with van der Waals surface area (Å²) in [7, 11) is 0. The maximum atomic E-state index is 12.8. The Kier molecular flexibility index (Phi) is 5.14. The number of benzene rings is 1. The molecule has 1 aromatic heterocycles. The second-order valence-electron chi connectivity index (χ2n) is 5.70. The first-order chi connectivity index (χ1) is 12.2. The van der Waals surface area contributed by atoms with Gasteiger partial charge in [-0.25, -0.2) is 4.98 Å². The van der Waals surface area contributed by atoms with Crippen LogP contribution in [-0.2, 0) is 0 Å². The minimum absolute atomic E-state index is 0.0612. The topological polar surface area (TPSA) is 75.4 Å². The first-order valence-electron chi connectivity index (χ1n) is 8.25. The third-order valence-electron chi connectivity index (χ3n) is 4.00. The number of hydrogen-bond donors (Lipinski definition) is 0. The molecule has 3 rings (SSSR count). The smallest absolute Gasteiger partial charge is 0.257 e. The first kappa shape index (κ1) is 16.8. The molecule has 25 heavy (non-hydrogen) atoms. The van der Waals surface area contributed by atoms with E-state index in [4.69, 9.17) is 14.7 Å². The number of hydrogen-bond acceptors (Lipinski definition) is 5. The van der Waals surface area contributed by atoms with Crippen LogP contribution >= 0.6 is 0 Å². The predicted octanol–water partition coefficient (Wildman–Crippen LogP) is 2.65. The fourth-order valence-electron chi connectivity index (χ4n) is 2.82. The number of pyridine rings is 1. The summed E-state index contributed by atoms with van der Waals surface area (Å²) in [6.07, 6.45) is 2.13. The van der Waals surface area contributed by atoms with Crippen molar-refractivity contribution in [1.29, 1.82) is 5.26 Å². The zero-order valence-corrected chi connectivity index (χ0v) is 14.0. The third kappa shape index (κ3) is 3.89. The molecule has 1 saturated heterocycles. The van der Waals surface area contributed by atoms with Crippen LogP contribution in [0.4, 0.5) is 0 Å². The Morgan fingerprint density at radius 3 is 3.04 bits per heavy atom. The van der Waals surface area contributed by atoms with Crippen molar-refractivity contribution >= 4 is 5.91 Å². The Bertz CT molecular complexity index is 800. The van der Waals surface area contributed by atoms with Gasteiger partial charge in [0, 0.05) is 25.2 Å². The lowest BCUT2D eigenvalue weighted by Gasteiger charge is -2.18. The highest BCUT2D eigenvalue weighted by Crippen LogP contribution is 2.23. The highest BCUT2D eigenvalue weighted by molar-refractivity contribution is 5.97. The average molecular weight is 337 g/mol. The molecule has 1 aliphatic rings. The van der Waals surface area contributed by atoms with Gasteiger partial charge in [-0.1, -0.05) is 12.1 Å². The van der Waals surface area contributed by atoms with Gasteiger partial charge in [0.15, 0.2) is 0 Å². The zero-order chi connectivity index (χ0) is 17.6. The molecule has 0 radical (unpaired) electrons. The molecule has 0 bridgehead atoms. The van der Waals surface area contributed by atoms with E-state index >= 15 is 0 Å². The molecule has 1 aromatic carbocycles. The van der Waals surface area contributed by atoms with Gasteiger partial charge < -0.3 is 14.4 Å². The molecule has 1 aliphatic heterocycles. The maximum Gasteiger partial charge on any atom is 0.257 e. The summed E-state index contributed by atoms with van der Waals surface area (Å²) >= 11 is 0. The third-order valence-corrected chi connectivity index (χ3v) is 4.00. The first-order valence-corrected chi connectivity index (χ1v) is 8.25. The highest BCUT2D eigenvalue weighted by atomic mass is 16.5. The Morgan fingerprint density at radius 2 is 2.24 bits per heavy atom. The van der Waals surface area contributed by atoms with Crippen LogP contribution in [0.5, 0.6) is 11.6 Å². The molecular formula is C19H19N3O3. The molecule has 0 N–H and O–H groups in total. The summed E-state index contributed by atoms with van der Waals surface area (Å²) in [5, 5.41) is 8.94. The quantitative estimate of drug-likeness (QED) is 0.838. The van der Waals surface area contributed by atoms with Crippen molar-refractivity contribution in [3.8, 4) is 17.7 Å². The maximum absolute atomic E-state index is 12.8. The van der Waals surface area contributed by atoms with Gasteiger partial charge in [-0.3, -0.25) is 4.79 Å². The molecular weight excluding hydrogens is 318 g/mol. The van der Waals surface area contributed by atoms with Crippen LogP contribution in [0.15, 0.2) is 42.6 Å². The Hall–Kier alpha value is -3.07. The normalized spacial score (nSPS) is 16.3. The summed E-state index contributed by atoms with van der Waals surface area (Å²) in [4.78, 5) is 18.7. The van der Waals surface area contributed by atoms with Crippen LogP contribution in [0.1, 0.15) is 29.3 Å². The number of nitrogens with zero attached hydrogens (tertiary/aromatic N) is 3. The second kappa shape index (κ2) is 7.67. The Labute approximate surface area is 146 Å². The molecule has 128 valence electrons. The predicted molar refractivity (Wildman–Crippen MR) is 91.5 cm³/mol. The van der Waals surface area contributed by atoms with Crippen molar-refractivity contribution in [2.45, 2.75) is 19.4 Å². The number of amides is 1. The van der Waals surface area contributed by atoms with E-state index in [1.807, 2.05) is 19.1 Å². The summed E-state index contributed by atoms with van der Waals surface area (Å²) in [5.41, 5.74) is 1.07. The number of nitriles is 1. The second-order valence-corrected chi connectivity index (χ2v) is 5.70. The lowest BCUT2D eigenvalue weighted by Crippen LogP contribution is -2.31. The number of aromatic nitrogens is 1. The van der Waals surface area contributed by atoms with E-state index < -0.39 is 0 Å². The van der Waals surface area contributed by atoms with E-state index in [0.29, 0.717) is 42.5 Å². The van der Waals surface area contributed by atoms with E-state index in [1.54, 1.807) is 35.4 Å². The summed E-state index contributed by atoms with van der Waals surface area (Å²) in [6, 6.07) is 12.6. The molecule has 2 aromatic rings.